The Kier molecular flexibility index (Phi) is 13.3. The third-order valence-electron chi connectivity index (χ3n) is 2.32. The molecule has 0 unspecified atom stereocenters. The molecule has 0 aliphatic carbocycles. The first-order valence-electron chi connectivity index (χ1n) is 7.13. The molecule has 0 radical (unpaired) electrons. The number of nitrogens with one attached hydrogen (secondary N) is 1. The fraction of sp³-hybridized carbons (Fsp3) is 0.929. The van der Waals surface area contributed by atoms with Crippen molar-refractivity contribution in [3.63, 3.8) is 0 Å². The molecule has 0 saturated heterocycles. The van der Waals surface area contributed by atoms with Crippen molar-refractivity contribution in [2.24, 2.45) is 5.92 Å². The minimum absolute atomic E-state index is 0.650. The minimum atomic E-state index is -1.75. The van der Waals surface area contributed by atoms with Gasteiger partial charge in [-0.05, 0) is 45.7 Å². The molecule has 0 aromatic carbocycles. The van der Waals surface area contributed by atoms with Crippen LogP contribution in [0.4, 0.5) is 0 Å². The van der Waals surface area contributed by atoms with Gasteiger partial charge in [0.1, 0.15) is 0 Å². The van der Waals surface area contributed by atoms with Crippen LogP contribution in [0, 0.1) is 11.3 Å². The van der Waals surface area contributed by atoms with Crippen molar-refractivity contribution in [1.82, 2.24) is 0 Å². The fourth-order valence-electron chi connectivity index (χ4n) is 1.86. The number of hydrogen-bond acceptors (Lipinski definition) is 3. The Bertz CT molecular complexity index is 191. The second-order valence-electron chi connectivity index (χ2n) is 5.13. The summed E-state index contributed by atoms with van der Waals surface area (Å²) < 4.78 is 11.3. The van der Waals surface area contributed by atoms with Crippen molar-refractivity contribution in [2.45, 2.75) is 67.0 Å². The Labute approximate surface area is 115 Å². The van der Waals surface area contributed by atoms with E-state index in [0.29, 0.717) is 5.92 Å². The SMILES string of the molecule is CC(=N)CC(C)C.CCC[Si](C)(OCC)OCC. The van der Waals surface area contributed by atoms with E-state index in [-0.39, 0.29) is 0 Å². The maximum absolute atomic E-state index is 7.02. The summed E-state index contributed by atoms with van der Waals surface area (Å²) in [7, 11) is -1.75. The molecule has 0 atom stereocenters. The molecule has 0 bridgehead atoms. The highest BCUT2D eigenvalue weighted by molar-refractivity contribution is 6.66. The maximum atomic E-state index is 7.02. The lowest BCUT2D eigenvalue weighted by molar-refractivity contribution is 0.189. The zero-order valence-corrected chi connectivity index (χ0v) is 14.4. The third kappa shape index (κ3) is 13.9. The average molecular weight is 276 g/mol. The van der Waals surface area contributed by atoms with Gasteiger partial charge in [0.05, 0.1) is 0 Å². The first-order valence-corrected chi connectivity index (χ1v) is 9.65. The van der Waals surface area contributed by atoms with Gasteiger partial charge in [0.25, 0.3) is 0 Å². The summed E-state index contributed by atoms with van der Waals surface area (Å²) in [6.45, 7) is 16.0. The van der Waals surface area contributed by atoms with E-state index in [0.717, 1.165) is 37.8 Å². The molecule has 0 amide bonds. The summed E-state index contributed by atoms with van der Waals surface area (Å²) in [5.41, 5.74) is 0.787. The molecule has 0 spiro atoms. The first kappa shape index (κ1) is 20.1. The van der Waals surface area contributed by atoms with Crippen molar-refractivity contribution in [3.8, 4) is 0 Å². The molecule has 1 N–H and O–H groups in total. The van der Waals surface area contributed by atoms with Crippen LogP contribution < -0.4 is 0 Å². The number of hydrogen-bond donors (Lipinski definition) is 1. The van der Waals surface area contributed by atoms with Crippen molar-refractivity contribution in [3.05, 3.63) is 0 Å². The van der Waals surface area contributed by atoms with Gasteiger partial charge in [0.2, 0.25) is 0 Å². The van der Waals surface area contributed by atoms with Gasteiger partial charge in [-0.3, -0.25) is 0 Å². The predicted octanol–water partition coefficient (Wildman–Crippen LogP) is 4.61. The molecule has 3 nitrogen and oxygen atoms in total. The highest BCUT2D eigenvalue weighted by atomic mass is 28.4. The van der Waals surface area contributed by atoms with E-state index in [9.17, 15) is 0 Å². The van der Waals surface area contributed by atoms with Crippen LogP contribution in [-0.4, -0.2) is 27.5 Å². The zero-order valence-electron chi connectivity index (χ0n) is 13.4. The topological polar surface area (TPSA) is 42.3 Å². The zero-order chi connectivity index (χ0) is 14.6. The van der Waals surface area contributed by atoms with Crippen molar-refractivity contribution in [1.29, 1.82) is 5.41 Å². The van der Waals surface area contributed by atoms with E-state index >= 15 is 0 Å². The predicted molar refractivity (Wildman–Crippen MR) is 82.8 cm³/mol. The fourth-order valence-corrected chi connectivity index (χ4v) is 4.36. The monoisotopic (exact) mass is 275 g/mol. The van der Waals surface area contributed by atoms with Crippen LogP contribution in [0.15, 0.2) is 0 Å². The lowest BCUT2D eigenvalue weighted by Gasteiger charge is -2.25. The van der Waals surface area contributed by atoms with Gasteiger partial charge in [0, 0.05) is 18.9 Å². The molecule has 0 aliphatic heterocycles. The van der Waals surface area contributed by atoms with Gasteiger partial charge in [-0.1, -0.05) is 27.2 Å². The summed E-state index contributed by atoms with van der Waals surface area (Å²) in [5.74, 6) is 0.650. The van der Waals surface area contributed by atoms with Crippen LogP contribution in [0.25, 0.3) is 0 Å². The van der Waals surface area contributed by atoms with E-state index in [4.69, 9.17) is 14.3 Å². The standard InChI is InChI=1S/C8H20O2Si.C6H13N/c1-5-8-11(4,9-6-2)10-7-3;1-5(2)4-6(3)7/h5-8H2,1-4H3;5,7H,4H2,1-3H3. The Balaban J connectivity index is 0. The van der Waals surface area contributed by atoms with Crippen molar-refractivity contribution < 1.29 is 8.85 Å². The van der Waals surface area contributed by atoms with Gasteiger partial charge >= 0.3 is 8.56 Å². The molecule has 0 heterocycles. The van der Waals surface area contributed by atoms with E-state index in [1.165, 1.54) is 0 Å². The molecule has 0 aromatic heterocycles. The van der Waals surface area contributed by atoms with E-state index < -0.39 is 8.56 Å². The van der Waals surface area contributed by atoms with Crippen molar-refractivity contribution >= 4 is 14.3 Å². The quantitative estimate of drug-likeness (QED) is 0.519. The summed E-state index contributed by atoms with van der Waals surface area (Å²) in [4.78, 5) is 0. The van der Waals surface area contributed by atoms with Gasteiger partial charge in [-0.15, -0.1) is 0 Å². The smallest absolute Gasteiger partial charge is 0.334 e. The molecule has 0 fully saturated rings. The van der Waals surface area contributed by atoms with Gasteiger partial charge < -0.3 is 14.3 Å². The van der Waals surface area contributed by atoms with Gasteiger partial charge in [-0.2, -0.15) is 0 Å². The maximum Gasteiger partial charge on any atom is 0.334 e. The lowest BCUT2D eigenvalue weighted by atomic mass is 10.1. The number of rotatable bonds is 8. The molecule has 0 aliphatic rings. The average Bonchev–Trinajstić information content (AvgIpc) is 2.16. The van der Waals surface area contributed by atoms with Crippen LogP contribution in [0.3, 0.4) is 0 Å². The Morgan fingerprint density at radius 3 is 1.72 bits per heavy atom. The Hall–Kier alpha value is -0.193. The molecule has 4 heteroatoms. The summed E-state index contributed by atoms with van der Waals surface area (Å²) in [6, 6.07) is 1.11. The van der Waals surface area contributed by atoms with Crippen LogP contribution >= 0.6 is 0 Å². The molecule has 0 rings (SSSR count). The van der Waals surface area contributed by atoms with Crippen molar-refractivity contribution in [2.75, 3.05) is 13.2 Å². The molecule has 0 aromatic rings. The van der Waals surface area contributed by atoms with E-state index in [1.54, 1.807) is 0 Å². The van der Waals surface area contributed by atoms with Crippen LogP contribution in [0.2, 0.25) is 12.6 Å². The molecule has 110 valence electrons. The van der Waals surface area contributed by atoms with Crippen LogP contribution in [0.5, 0.6) is 0 Å². The second-order valence-corrected chi connectivity index (χ2v) is 8.47. The van der Waals surface area contributed by atoms with Crippen LogP contribution in [-0.2, 0) is 8.85 Å². The minimum Gasteiger partial charge on any atom is -0.395 e. The highest BCUT2D eigenvalue weighted by Gasteiger charge is 2.28. The highest BCUT2D eigenvalue weighted by Crippen LogP contribution is 2.14. The first-order chi connectivity index (χ1) is 8.31. The molecular weight excluding hydrogens is 242 g/mol. The molecule has 0 saturated carbocycles. The lowest BCUT2D eigenvalue weighted by Crippen LogP contribution is -2.38. The Morgan fingerprint density at radius 2 is 1.56 bits per heavy atom. The Morgan fingerprint density at radius 1 is 1.11 bits per heavy atom. The van der Waals surface area contributed by atoms with Gasteiger partial charge in [-0.25, -0.2) is 0 Å². The van der Waals surface area contributed by atoms with E-state index in [1.807, 2.05) is 20.8 Å². The van der Waals surface area contributed by atoms with Crippen LogP contribution in [0.1, 0.15) is 54.4 Å². The molecular formula is C14H33NO2Si. The normalized spacial score (nSPS) is 11.1. The van der Waals surface area contributed by atoms with E-state index in [2.05, 4.69) is 27.3 Å². The molecule has 18 heavy (non-hydrogen) atoms. The summed E-state index contributed by atoms with van der Waals surface area (Å²) in [5, 5.41) is 7.02. The largest absolute Gasteiger partial charge is 0.395 e. The summed E-state index contributed by atoms with van der Waals surface area (Å²) in [6.07, 6.45) is 2.10. The third-order valence-corrected chi connectivity index (χ3v) is 5.52. The van der Waals surface area contributed by atoms with Gasteiger partial charge in [0.15, 0.2) is 0 Å². The summed E-state index contributed by atoms with van der Waals surface area (Å²) >= 11 is 0. The second kappa shape index (κ2) is 11.9.